The molecule has 1 aromatic carbocycles. The van der Waals surface area contributed by atoms with Gasteiger partial charge in [-0.1, -0.05) is 0 Å². The maximum Gasteiger partial charge on any atom is 0.191 e. The summed E-state index contributed by atoms with van der Waals surface area (Å²) in [5, 5.41) is 6.95. The Labute approximate surface area is 148 Å². The van der Waals surface area contributed by atoms with Gasteiger partial charge in [0.15, 0.2) is 5.96 Å². The highest BCUT2D eigenvalue weighted by molar-refractivity contribution is 14.0. The molecular weight excluding hydrogens is 393 g/mol. The van der Waals surface area contributed by atoms with Gasteiger partial charge in [-0.15, -0.1) is 24.0 Å². The van der Waals surface area contributed by atoms with Crippen molar-refractivity contribution in [1.29, 1.82) is 0 Å². The third-order valence-electron chi connectivity index (χ3n) is 4.24. The first kappa shape index (κ1) is 17.2. The van der Waals surface area contributed by atoms with E-state index >= 15 is 0 Å². The quantitative estimate of drug-likeness (QED) is 0.723. The average molecular weight is 417 g/mol. The lowest BCUT2D eigenvalue weighted by Crippen LogP contribution is -2.28. The van der Waals surface area contributed by atoms with E-state index in [0.717, 1.165) is 30.4 Å². The second-order valence-corrected chi connectivity index (χ2v) is 5.63. The van der Waals surface area contributed by atoms with Crippen molar-refractivity contribution in [2.45, 2.75) is 37.8 Å². The van der Waals surface area contributed by atoms with Gasteiger partial charge in [0.2, 0.25) is 0 Å². The highest BCUT2D eigenvalue weighted by Crippen LogP contribution is 2.23. The lowest BCUT2D eigenvalue weighted by molar-refractivity contribution is 0.393. The Hall–Kier alpha value is -1.18. The molecule has 5 nitrogen and oxygen atoms in total. The number of hydrogen-bond acceptors (Lipinski definition) is 3. The zero-order valence-electron chi connectivity index (χ0n) is 13.1. The number of methoxy groups -OCH3 is 2. The number of rotatable bonds is 5. The number of halogens is 1. The van der Waals surface area contributed by atoms with Crippen LogP contribution in [0.4, 0.5) is 0 Å². The number of fused-ring (bicyclic) bond motifs is 1. The van der Waals surface area contributed by atoms with E-state index in [4.69, 9.17) is 9.47 Å². The molecule has 1 aliphatic carbocycles. The molecule has 1 saturated heterocycles. The van der Waals surface area contributed by atoms with Crippen LogP contribution in [0.25, 0.3) is 0 Å². The van der Waals surface area contributed by atoms with Crippen LogP contribution in [-0.2, 0) is 6.42 Å². The maximum atomic E-state index is 5.29. The van der Waals surface area contributed by atoms with Crippen LogP contribution in [0.3, 0.4) is 0 Å². The zero-order valence-corrected chi connectivity index (χ0v) is 15.4. The standard InChI is InChI=1S/C16H23N3O2.HI/c1-20-12-8-11(9-13(10-12)21-2)6-7-17-16-18-14-4-3-5-15(14)19-16;/h8-10,14-15H,3-7H2,1-2H3,(H2,17,18,19);1H/t14-,15+;. The van der Waals surface area contributed by atoms with Gasteiger partial charge >= 0.3 is 0 Å². The molecule has 3 rings (SSSR count). The molecule has 0 bridgehead atoms. The molecule has 1 aromatic rings. The van der Waals surface area contributed by atoms with Gasteiger partial charge in [0.1, 0.15) is 11.5 Å². The molecule has 1 saturated carbocycles. The molecule has 1 aliphatic heterocycles. The van der Waals surface area contributed by atoms with Crippen LogP contribution < -0.4 is 20.1 Å². The van der Waals surface area contributed by atoms with Crippen LogP contribution >= 0.6 is 24.0 Å². The number of benzene rings is 1. The van der Waals surface area contributed by atoms with Crippen LogP contribution in [0, 0.1) is 0 Å². The highest BCUT2D eigenvalue weighted by Gasteiger charge is 2.33. The van der Waals surface area contributed by atoms with Crippen molar-refractivity contribution in [3.8, 4) is 11.5 Å². The Morgan fingerprint density at radius 1 is 1.05 bits per heavy atom. The predicted molar refractivity (Wildman–Crippen MR) is 98.7 cm³/mol. The lowest BCUT2D eigenvalue weighted by atomic mass is 10.1. The summed E-state index contributed by atoms with van der Waals surface area (Å²) in [6.07, 6.45) is 4.69. The normalized spacial score (nSPS) is 24.2. The Morgan fingerprint density at radius 2 is 1.64 bits per heavy atom. The van der Waals surface area contributed by atoms with Gasteiger partial charge in [0, 0.05) is 24.7 Å². The molecule has 2 N–H and O–H groups in total. The summed E-state index contributed by atoms with van der Waals surface area (Å²) < 4.78 is 10.6. The van der Waals surface area contributed by atoms with Crippen LogP contribution in [0.1, 0.15) is 24.8 Å². The third-order valence-corrected chi connectivity index (χ3v) is 4.24. The van der Waals surface area contributed by atoms with Crippen molar-refractivity contribution in [2.24, 2.45) is 4.99 Å². The van der Waals surface area contributed by atoms with Gasteiger partial charge in [-0.2, -0.15) is 0 Å². The van der Waals surface area contributed by atoms with Gasteiger partial charge in [0.25, 0.3) is 0 Å². The summed E-state index contributed by atoms with van der Waals surface area (Å²) in [4.78, 5) is 4.62. The molecule has 1 heterocycles. The number of nitrogens with zero attached hydrogens (tertiary/aromatic N) is 1. The zero-order chi connectivity index (χ0) is 14.7. The predicted octanol–water partition coefficient (Wildman–Crippen LogP) is 2.33. The lowest BCUT2D eigenvalue weighted by Gasteiger charge is -2.08. The van der Waals surface area contributed by atoms with Crippen molar-refractivity contribution in [3.05, 3.63) is 23.8 Å². The fraction of sp³-hybridized carbons (Fsp3) is 0.562. The van der Waals surface area contributed by atoms with Gasteiger partial charge in [-0.25, -0.2) is 0 Å². The van der Waals surface area contributed by atoms with E-state index in [0.29, 0.717) is 12.1 Å². The van der Waals surface area contributed by atoms with Crippen molar-refractivity contribution in [1.82, 2.24) is 10.6 Å². The fourth-order valence-electron chi connectivity index (χ4n) is 3.10. The molecule has 2 aliphatic rings. The van der Waals surface area contributed by atoms with Gasteiger partial charge in [-0.05, 0) is 43.4 Å². The van der Waals surface area contributed by atoms with E-state index in [2.05, 4.69) is 15.6 Å². The molecule has 2 fully saturated rings. The third kappa shape index (κ3) is 3.97. The van der Waals surface area contributed by atoms with Crippen molar-refractivity contribution >= 4 is 29.9 Å². The summed E-state index contributed by atoms with van der Waals surface area (Å²) >= 11 is 0. The minimum atomic E-state index is 0. The number of hydrogen-bond donors (Lipinski definition) is 2. The molecule has 0 spiro atoms. The number of ether oxygens (including phenoxy) is 2. The monoisotopic (exact) mass is 417 g/mol. The molecule has 0 radical (unpaired) electrons. The van der Waals surface area contributed by atoms with E-state index in [1.807, 2.05) is 18.2 Å². The topological polar surface area (TPSA) is 54.9 Å². The van der Waals surface area contributed by atoms with Crippen LogP contribution in [-0.4, -0.2) is 38.8 Å². The number of aliphatic imine (C=N–C) groups is 1. The molecule has 0 aromatic heterocycles. The molecule has 6 heteroatoms. The number of nitrogens with one attached hydrogen (secondary N) is 2. The largest absolute Gasteiger partial charge is 0.497 e. The second kappa shape index (κ2) is 7.89. The first-order chi connectivity index (χ1) is 10.3. The Kier molecular flexibility index (Phi) is 6.16. The SMILES string of the molecule is COc1cc(CCN=C2N[C@H]3CCC[C@H]3N2)cc(OC)c1.I. The highest BCUT2D eigenvalue weighted by atomic mass is 127. The van der Waals surface area contributed by atoms with Gasteiger partial charge < -0.3 is 20.1 Å². The van der Waals surface area contributed by atoms with Gasteiger partial charge in [-0.3, -0.25) is 4.99 Å². The van der Waals surface area contributed by atoms with E-state index in [9.17, 15) is 0 Å². The summed E-state index contributed by atoms with van der Waals surface area (Å²) in [7, 11) is 3.34. The summed E-state index contributed by atoms with van der Waals surface area (Å²) in [5.74, 6) is 2.60. The molecule has 22 heavy (non-hydrogen) atoms. The van der Waals surface area contributed by atoms with Crippen molar-refractivity contribution < 1.29 is 9.47 Å². The molecule has 122 valence electrons. The number of guanidine groups is 1. The van der Waals surface area contributed by atoms with Crippen LogP contribution in [0.15, 0.2) is 23.2 Å². The first-order valence-electron chi connectivity index (χ1n) is 7.58. The van der Waals surface area contributed by atoms with E-state index in [1.54, 1.807) is 14.2 Å². The van der Waals surface area contributed by atoms with Crippen LogP contribution in [0.2, 0.25) is 0 Å². The summed E-state index contributed by atoms with van der Waals surface area (Å²) in [5.41, 5.74) is 1.17. The Morgan fingerprint density at radius 3 is 2.18 bits per heavy atom. The summed E-state index contributed by atoms with van der Waals surface area (Å²) in [6, 6.07) is 7.12. The summed E-state index contributed by atoms with van der Waals surface area (Å²) in [6.45, 7) is 0.755. The molecule has 2 atom stereocenters. The van der Waals surface area contributed by atoms with E-state index < -0.39 is 0 Å². The van der Waals surface area contributed by atoms with Crippen molar-refractivity contribution in [3.63, 3.8) is 0 Å². The first-order valence-corrected chi connectivity index (χ1v) is 7.58. The minimum absolute atomic E-state index is 0. The molecule has 0 amide bonds. The smallest absolute Gasteiger partial charge is 0.191 e. The fourth-order valence-corrected chi connectivity index (χ4v) is 3.10. The molecular formula is C16H24IN3O2. The van der Waals surface area contributed by atoms with Gasteiger partial charge in [0.05, 0.1) is 14.2 Å². The average Bonchev–Trinajstić information content (AvgIpc) is 3.08. The maximum absolute atomic E-state index is 5.29. The van der Waals surface area contributed by atoms with E-state index in [-0.39, 0.29) is 24.0 Å². The van der Waals surface area contributed by atoms with E-state index in [1.165, 1.54) is 24.8 Å². The van der Waals surface area contributed by atoms with Crippen LogP contribution in [0.5, 0.6) is 11.5 Å². The minimum Gasteiger partial charge on any atom is -0.497 e. The molecule has 0 unspecified atom stereocenters. The second-order valence-electron chi connectivity index (χ2n) is 5.63. The Balaban J connectivity index is 0.00000176. The Bertz CT molecular complexity index is 500. The van der Waals surface area contributed by atoms with Crippen molar-refractivity contribution in [2.75, 3.05) is 20.8 Å².